The molecule has 0 spiro atoms. The average Bonchev–Trinajstić information content (AvgIpc) is 3.23. The van der Waals surface area contributed by atoms with Crippen molar-refractivity contribution in [3.63, 3.8) is 0 Å². The van der Waals surface area contributed by atoms with Gasteiger partial charge < -0.3 is 19.1 Å². The van der Waals surface area contributed by atoms with E-state index in [9.17, 15) is 37.3 Å². The van der Waals surface area contributed by atoms with E-state index in [0.717, 1.165) is 0 Å². The van der Waals surface area contributed by atoms with E-state index >= 15 is 4.39 Å². The first kappa shape index (κ1) is 33.6. The van der Waals surface area contributed by atoms with Crippen LogP contribution in [0.15, 0.2) is 58.3 Å². The Labute approximate surface area is 251 Å². The molecule has 12 nitrogen and oxygen atoms in total. The van der Waals surface area contributed by atoms with Crippen LogP contribution in [0.4, 0.5) is 17.7 Å². The highest BCUT2D eigenvalue weighted by atomic mass is 35.5. The molecule has 1 fully saturated rings. The Morgan fingerprint density at radius 1 is 1.18 bits per heavy atom. The number of aliphatic hydroxyl groups is 1. The van der Waals surface area contributed by atoms with Gasteiger partial charge in [0.15, 0.2) is 18.0 Å². The second-order valence-electron chi connectivity index (χ2n) is 10.1. The van der Waals surface area contributed by atoms with Crippen molar-refractivity contribution in [2.24, 2.45) is 0 Å². The molecule has 1 aliphatic heterocycles. The molecular weight excluding hydrogens is 641 g/mol. The fraction of sp³-hybridized carbons (Fsp3) is 0.423. The summed E-state index contributed by atoms with van der Waals surface area (Å²) in [4.78, 5) is 35.4. The fourth-order valence-corrected chi connectivity index (χ4v) is 6.09. The van der Waals surface area contributed by atoms with Gasteiger partial charge >= 0.3 is 25.0 Å². The number of aliphatic hydroxyl groups excluding tert-OH is 1. The molecule has 0 unspecified atom stereocenters. The number of hydrogen-bond acceptors (Lipinski definition) is 9. The number of alkyl halides is 3. The molecule has 0 saturated carbocycles. The molecule has 2 N–H and O–H groups in total. The van der Waals surface area contributed by atoms with Gasteiger partial charge in [-0.15, -0.1) is 0 Å². The van der Waals surface area contributed by atoms with Gasteiger partial charge in [0.1, 0.15) is 22.9 Å². The predicted molar refractivity (Wildman–Crippen MR) is 148 cm³/mol. The molecule has 18 heteroatoms. The molecule has 6 atom stereocenters. The van der Waals surface area contributed by atoms with Crippen LogP contribution in [-0.2, 0) is 23.4 Å². The monoisotopic (exact) mass is 667 g/mol. The summed E-state index contributed by atoms with van der Waals surface area (Å²) in [6, 6.07) is 9.85. The Balaban J connectivity index is 1.70. The van der Waals surface area contributed by atoms with Crippen molar-refractivity contribution in [2.75, 3.05) is 6.61 Å². The van der Waals surface area contributed by atoms with Gasteiger partial charge in [-0.1, -0.05) is 57.3 Å². The van der Waals surface area contributed by atoms with Crippen LogP contribution in [0.25, 0.3) is 10.8 Å². The van der Waals surface area contributed by atoms with E-state index in [1.165, 1.54) is 19.1 Å². The number of fused-ring (bicyclic) bond motifs is 1. The molecule has 44 heavy (non-hydrogen) atoms. The Bertz CT molecular complexity index is 1700. The van der Waals surface area contributed by atoms with Crippen molar-refractivity contribution in [3.05, 3.63) is 74.5 Å². The fourth-order valence-electron chi connectivity index (χ4n) is 4.36. The summed E-state index contributed by atoms with van der Waals surface area (Å²) in [6.07, 6.45) is -11.8. The minimum Gasteiger partial charge on any atom is -0.462 e. The molecule has 0 bridgehead atoms. The summed E-state index contributed by atoms with van der Waals surface area (Å²) in [6.45, 7) is 2.74. The average molecular weight is 668 g/mol. The molecule has 1 saturated heterocycles. The second-order valence-corrected chi connectivity index (χ2v) is 12.2. The lowest BCUT2D eigenvalue weighted by atomic mass is 9.98. The zero-order chi connectivity index (χ0) is 32.6. The second kappa shape index (κ2) is 13.0. The number of ether oxygens (including phenoxy) is 2. The van der Waals surface area contributed by atoms with Crippen LogP contribution in [0.3, 0.4) is 0 Å². The first-order valence-corrected chi connectivity index (χ1v) is 14.9. The number of nitrogens with zero attached hydrogens (tertiary/aromatic N) is 2. The first-order valence-electron chi connectivity index (χ1n) is 13.0. The van der Waals surface area contributed by atoms with Gasteiger partial charge in [0, 0.05) is 11.6 Å². The molecule has 1 aliphatic rings. The molecule has 0 radical (unpaired) electrons. The number of hydrogen-bond donors (Lipinski definition) is 2. The van der Waals surface area contributed by atoms with E-state index < -0.39 is 84.1 Å². The standard InChI is InChI=1S/C26H27ClF4N3O9P/c1-13(2)41-23(37)14(3)32-44(39,43-18-10-6-8-15-7-4-5-9-16(15)18)40-12-26(24(29)30)20(28)19(35)22(42-26)33-11-17(27)21(36)34(31)25(33)38/h4-11,13-14,19-20,22,24,35H,12H2,1-3H3,(H,32,39)/t14-,19-,20-,22+,26+,44-/m0/s1. The zero-order valence-electron chi connectivity index (χ0n) is 23.2. The van der Waals surface area contributed by atoms with E-state index in [0.29, 0.717) is 17.0 Å². The Hall–Kier alpha value is -3.27. The van der Waals surface area contributed by atoms with E-state index in [-0.39, 0.29) is 10.3 Å². The van der Waals surface area contributed by atoms with E-state index in [4.69, 9.17) is 30.1 Å². The van der Waals surface area contributed by atoms with E-state index in [2.05, 4.69) is 5.09 Å². The number of benzene rings is 2. The number of nitrogens with one attached hydrogen (secondary N) is 1. The maximum absolute atomic E-state index is 15.5. The first-order chi connectivity index (χ1) is 20.6. The zero-order valence-corrected chi connectivity index (χ0v) is 24.9. The van der Waals surface area contributed by atoms with Crippen LogP contribution in [0.2, 0.25) is 5.02 Å². The number of halogens is 5. The van der Waals surface area contributed by atoms with Crippen LogP contribution >= 0.6 is 19.3 Å². The number of carbonyl (C=O) groups excluding carboxylic acids is 1. The molecule has 0 aliphatic carbocycles. The van der Waals surface area contributed by atoms with Crippen molar-refractivity contribution in [2.45, 2.75) is 63.4 Å². The van der Waals surface area contributed by atoms with Crippen molar-refractivity contribution in [3.8, 4) is 5.75 Å². The highest BCUT2D eigenvalue weighted by Crippen LogP contribution is 2.50. The lowest BCUT2D eigenvalue weighted by molar-refractivity contribution is -0.183. The smallest absolute Gasteiger partial charge is 0.459 e. The van der Waals surface area contributed by atoms with Gasteiger partial charge in [-0.2, -0.15) is 5.09 Å². The minimum atomic E-state index is -4.91. The molecule has 1 aromatic heterocycles. The van der Waals surface area contributed by atoms with Crippen LogP contribution in [0, 0.1) is 0 Å². The highest BCUT2D eigenvalue weighted by molar-refractivity contribution is 7.52. The van der Waals surface area contributed by atoms with Gasteiger partial charge in [-0.3, -0.25) is 18.7 Å². The third-order valence-electron chi connectivity index (χ3n) is 6.55. The third kappa shape index (κ3) is 6.55. The highest BCUT2D eigenvalue weighted by Gasteiger charge is 2.63. The Morgan fingerprint density at radius 3 is 2.50 bits per heavy atom. The summed E-state index contributed by atoms with van der Waals surface area (Å²) < 4.78 is 93.9. The van der Waals surface area contributed by atoms with Gasteiger partial charge in [0.05, 0.1) is 12.7 Å². The topological polar surface area (TPSA) is 147 Å². The predicted octanol–water partition coefficient (Wildman–Crippen LogP) is 3.91. The van der Waals surface area contributed by atoms with Crippen LogP contribution in [-0.4, -0.2) is 63.5 Å². The Morgan fingerprint density at radius 2 is 1.84 bits per heavy atom. The summed E-state index contributed by atoms with van der Waals surface area (Å²) in [5, 5.41) is 12.9. The largest absolute Gasteiger partial charge is 0.462 e. The van der Waals surface area contributed by atoms with Gasteiger partial charge in [0.2, 0.25) is 0 Å². The Kier molecular flexibility index (Phi) is 9.93. The summed E-state index contributed by atoms with van der Waals surface area (Å²) in [5.41, 5.74) is -6.83. The number of esters is 1. The minimum absolute atomic E-state index is 0.0668. The SMILES string of the molecule is CC(C)OC(=O)[C@H](C)N[P@](=O)(OC[C@@]1(C(F)F)O[C@@H](n2cc(Cl)c(=O)n(F)c2=O)[C@@H](O)[C@@H]1F)Oc1cccc2ccccc12. The summed E-state index contributed by atoms with van der Waals surface area (Å²) in [7, 11) is -4.91. The molecule has 2 heterocycles. The van der Waals surface area contributed by atoms with Crippen LogP contribution in [0.5, 0.6) is 5.75 Å². The van der Waals surface area contributed by atoms with Gasteiger partial charge in [-0.25, -0.2) is 22.5 Å². The molecule has 4 rings (SSSR count). The van der Waals surface area contributed by atoms with Crippen molar-refractivity contribution >= 4 is 36.1 Å². The lowest BCUT2D eigenvalue weighted by Gasteiger charge is -2.32. The van der Waals surface area contributed by atoms with Crippen molar-refractivity contribution in [1.82, 2.24) is 14.4 Å². The van der Waals surface area contributed by atoms with Crippen LogP contribution in [0.1, 0.15) is 27.0 Å². The van der Waals surface area contributed by atoms with Gasteiger partial charge in [-0.05, 0) is 32.2 Å². The lowest BCUT2D eigenvalue weighted by Crippen LogP contribution is -2.51. The molecule has 240 valence electrons. The number of carbonyl (C=O) groups is 1. The molecular formula is C26H27ClF4N3O9P. The maximum Gasteiger partial charge on any atom is 0.459 e. The number of rotatable bonds is 11. The summed E-state index contributed by atoms with van der Waals surface area (Å²) in [5.74, 6) is -0.981. The van der Waals surface area contributed by atoms with Crippen molar-refractivity contribution in [1.29, 1.82) is 0 Å². The normalized spacial score (nSPS) is 24.0. The van der Waals surface area contributed by atoms with Gasteiger partial charge in [0.25, 0.3) is 6.43 Å². The number of aromatic nitrogens is 2. The molecule has 0 amide bonds. The van der Waals surface area contributed by atoms with E-state index in [1.807, 2.05) is 0 Å². The van der Waals surface area contributed by atoms with Crippen molar-refractivity contribution < 1.29 is 50.6 Å². The maximum atomic E-state index is 15.5. The summed E-state index contributed by atoms with van der Waals surface area (Å²) >= 11 is 5.60. The molecule has 3 aromatic rings. The third-order valence-corrected chi connectivity index (χ3v) is 8.42. The van der Waals surface area contributed by atoms with Crippen LogP contribution < -0.4 is 20.9 Å². The molecule has 2 aromatic carbocycles. The van der Waals surface area contributed by atoms with E-state index in [1.54, 1.807) is 44.2 Å². The quantitative estimate of drug-likeness (QED) is 0.175.